The first-order valence-electron chi connectivity index (χ1n) is 6.09. The van der Waals surface area contributed by atoms with Crippen molar-refractivity contribution in [2.24, 2.45) is 5.92 Å². The van der Waals surface area contributed by atoms with Crippen LogP contribution in [0.4, 0.5) is 0 Å². The maximum Gasteiger partial charge on any atom is 0.265 e. The first kappa shape index (κ1) is 16.8. The zero-order valence-corrected chi connectivity index (χ0v) is 14.4. The van der Waals surface area contributed by atoms with Gasteiger partial charge in [0.1, 0.15) is 10.6 Å². The Morgan fingerprint density at radius 3 is 2.53 bits per heavy atom. The maximum atomic E-state index is 11.6. The summed E-state index contributed by atoms with van der Waals surface area (Å²) in [6.07, 6.45) is 1.92. The molecule has 0 spiro atoms. The molecule has 0 amide bonds. The average molecular weight is 370 g/mol. The Kier molecular flexibility index (Phi) is 6.15. The highest BCUT2D eigenvalue weighted by Crippen LogP contribution is 2.33. The molecule has 0 unspecified atom stereocenters. The van der Waals surface area contributed by atoms with Gasteiger partial charge in [-0.3, -0.25) is 0 Å². The number of benzene rings is 1. The van der Waals surface area contributed by atoms with Gasteiger partial charge in [0, 0.05) is 15.2 Å². The molecule has 6 heteroatoms. The lowest BCUT2D eigenvalue weighted by Gasteiger charge is -2.13. The van der Waals surface area contributed by atoms with Gasteiger partial charge in [0.15, 0.2) is 0 Å². The van der Waals surface area contributed by atoms with Gasteiger partial charge >= 0.3 is 0 Å². The summed E-state index contributed by atoms with van der Waals surface area (Å²) >= 11 is 3.26. The largest absolute Gasteiger partial charge is 0.492 e. The molecule has 1 aromatic rings. The van der Waals surface area contributed by atoms with E-state index in [4.69, 9.17) is 15.4 Å². The van der Waals surface area contributed by atoms with Crippen LogP contribution in [0.1, 0.15) is 32.3 Å². The van der Waals surface area contributed by atoms with Crippen LogP contribution in [0.2, 0.25) is 0 Å². The van der Waals surface area contributed by atoms with E-state index in [1.54, 1.807) is 6.92 Å². The minimum Gasteiger partial charge on any atom is -0.492 e. The topological polar surface area (TPSA) is 43.4 Å². The quantitative estimate of drug-likeness (QED) is 0.548. The Hall–Kier alpha value is -0.260. The molecule has 0 fully saturated rings. The Labute approximate surface area is 127 Å². The van der Waals surface area contributed by atoms with Crippen LogP contribution in [-0.2, 0) is 9.05 Å². The molecule has 0 radical (unpaired) electrons. The van der Waals surface area contributed by atoms with Crippen molar-refractivity contribution >= 4 is 35.7 Å². The number of aryl methyl sites for hydroxylation is 1. The van der Waals surface area contributed by atoms with Crippen LogP contribution in [0.3, 0.4) is 0 Å². The predicted molar refractivity (Wildman–Crippen MR) is 81.5 cm³/mol. The van der Waals surface area contributed by atoms with Gasteiger partial charge in [0.25, 0.3) is 9.05 Å². The SMILES string of the molecule is Cc1cc(Br)cc(S(=O)(=O)Cl)c1OCCCC(C)C. The molecule has 0 atom stereocenters. The molecule has 1 aromatic carbocycles. The van der Waals surface area contributed by atoms with E-state index in [-0.39, 0.29) is 4.90 Å². The third-order valence-corrected chi connectivity index (χ3v) is 4.43. The fraction of sp³-hybridized carbons (Fsp3) is 0.538. The number of ether oxygens (including phenoxy) is 1. The molecule has 0 N–H and O–H groups in total. The highest BCUT2D eigenvalue weighted by atomic mass is 79.9. The van der Waals surface area contributed by atoms with Gasteiger partial charge in [-0.1, -0.05) is 29.8 Å². The van der Waals surface area contributed by atoms with E-state index in [2.05, 4.69) is 29.8 Å². The van der Waals surface area contributed by atoms with Crippen molar-refractivity contribution < 1.29 is 13.2 Å². The molecule has 0 aliphatic rings. The zero-order chi connectivity index (χ0) is 14.6. The van der Waals surface area contributed by atoms with Crippen LogP contribution in [0.5, 0.6) is 5.75 Å². The van der Waals surface area contributed by atoms with Gasteiger partial charge in [0.2, 0.25) is 0 Å². The number of halogens is 2. The number of hydrogen-bond donors (Lipinski definition) is 0. The molecule has 0 aliphatic carbocycles. The summed E-state index contributed by atoms with van der Waals surface area (Å²) in [6, 6.07) is 3.27. The minimum absolute atomic E-state index is 0.0191. The molecule has 1 rings (SSSR count). The van der Waals surface area contributed by atoms with Crippen molar-refractivity contribution in [1.29, 1.82) is 0 Å². The van der Waals surface area contributed by atoms with Gasteiger partial charge in [-0.15, -0.1) is 0 Å². The first-order chi connectivity index (χ1) is 8.71. The fourth-order valence-corrected chi connectivity index (χ4v) is 3.51. The fourth-order valence-electron chi connectivity index (χ4n) is 1.73. The van der Waals surface area contributed by atoms with Crippen LogP contribution in [0.15, 0.2) is 21.5 Å². The predicted octanol–water partition coefficient (Wildman–Crippen LogP) is 4.50. The van der Waals surface area contributed by atoms with E-state index in [1.807, 2.05) is 6.07 Å². The average Bonchev–Trinajstić information content (AvgIpc) is 2.24. The maximum absolute atomic E-state index is 11.6. The lowest BCUT2D eigenvalue weighted by molar-refractivity contribution is 0.289. The summed E-state index contributed by atoms with van der Waals surface area (Å²) in [5.74, 6) is 0.952. The first-order valence-corrected chi connectivity index (χ1v) is 9.19. The van der Waals surface area contributed by atoms with Gasteiger partial charge in [0.05, 0.1) is 6.61 Å². The number of hydrogen-bond acceptors (Lipinski definition) is 3. The molecule has 19 heavy (non-hydrogen) atoms. The van der Waals surface area contributed by atoms with Crippen LogP contribution in [-0.4, -0.2) is 15.0 Å². The minimum atomic E-state index is -3.81. The summed E-state index contributed by atoms with van der Waals surface area (Å²) in [5, 5.41) is 0. The Balaban J connectivity index is 2.93. The smallest absolute Gasteiger partial charge is 0.265 e. The van der Waals surface area contributed by atoms with Crippen LogP contribution < -0.4 is 4.74 Å². The molecule has 3 nitrogen and oxygen atoms in total. The van der Waals surface area contributed by atoms with Crippen molar-refractivity contribution in [3.8, 4) is 5.75 Å². The Morgan fingerprint density at radius 2 is 2.00 bits per heavy atom. The van der Waals surface area contributed by atoms with E-state index < -0.39 is 9.05 Å². The molecule has 0 aromatic heterocycles. The van der Waals surface area contributed by atoms with Gasteiger partial charge in [-0.25, -0.2) is 8.42 Å². The van der Waals surface area contributed by atoms with Crippen LogP contribution in [0, 0.1) is 12.8 Å². The molecule has 0 saturated carbocycles. The molecular weight excluding hydrogens is 352 g/mol. The third-order valence-electron chi connectivity index (χ3n) is 2.64. The van der Waals surface area contributed by atoms with Gasteiger partial charge in [-0.05, 0) is 43.4 Å². The van der Waals surface area contributed by atoms with E-state index in [0.717, 1.165) is 18.4 Å². The summed E-state index contributed by atoms with van der Waals surface area (Å²) in [6.45, 7) is 6.56. The summed E-state index contributed by atoms with van der Waals surface area (Å²) < 4.78 is 29.4. The van der Waals surface area contributed by atoms with E-state index >= 15 is 0 Å². The van der Waals surface area contributed by atoms with Crippen molar-refractivity contribution in [2.45, 2.75) is 38.5 Å². The molecule has 108 valence electrons. The van der Waals surface area contributed by atoms with Crippen LogP contribution >= 0.6 is 26.6 Å². The highest BCUT2D eigenvalue weighted by molar-refractivity contribution is 9.10. The monoisotopic (exact) mass is 368 g/mol. The number of rotatable bonds is 6. The Morgan fingerprint density at radius 1 is 1.37 bits per heavy atom. The van der Waals surface area contributed by atoms with Crippen molar-refractivity contribution in [3.05, 3.63) is 22.2 Å². The second-order valence-corrected chi connectivity index (χ2v) is 8.32. The standard InChI is InChI=1S/C13H18BrClO3S/c1-9(2)5-4-6-18-13-10(3)7-11(14)8-12(13)19(15,16)17/h7-9H,4-6H2,1-3H3. The summed E-state index contributed by atoms with van der Waals surface area (Å²) in [4.78, 5) is 0.0191. The van der Waals surface area contributed by atoms with Gasteiger partial charge in [-0.2, -0.15) is 0 Å². The summed E-state index contributed by atoms with van der Waals surface area (Å²) in [5.41, 5.74) is 0.748. The van der Waals surface area contributed by atoms with Crippen LogP contribution in [0.25, 0.3) is 0 Å². The molecule has 0 bridgehead atoms. The van der Waals surface area contributed by atoms with E-state index in [9.17, 15) is 8.42 Å². The molecule has 0 heterocycles. The highest BCUT2D eigenvalue weighted by Gasteiger charge is 2.20. The van der Waals surface area contributed by atoms with Gasteiger partial charge < -0.3 is 4.74 Å². The lowest BCUT2D eigenvalue weighted by atomic mass is 10.1. The summed E-state index contributed by atoms with van der Waals surface area (Å²) in [7, 11) is 1.63. The third kappa shape index (κ3) is 5.32. The van der Waals surface area contributed by atoms with Crippen molar-refractivity contribution in [1.82, 2.24) is 0 Å². The lowest BCUT2D eigenvalue weighted by Crippen LogP contribution is -2.05. The normalized spacial score (nSPS) is 11.9. The van der Waals surface area contributed by atoms with Crippen molar-refractivity contribution in [3.63, 3.8) is 0 Å². The molecule has 0 saturated heterocycles. The second-order valence-electron chi connectivity index (χ2n) is 4.87. The Bertz CT molecular complexity index is 541. The van der Waals surface area contributed by atoms with E-state index in [0.29, 0.717) is 22.7 Å². The molecular formula is C13H18BrClO3S. The zero-order valence-electron chi connectivity index (χ0n) is 11.2. The van der Waals surface area contributed by atoms with E-state index in [1.165, 1.54) is 6.07 Å². The van der Waals surface area contributed by atoms with Crippen molar-refractivity contribution in [2.75, 3.05) is 6.61 Å². The second kappa shape index (κ2) is 6.95. The molecule has 0 aliphatic heterocycles.